The van der Waals surface area contributed by atoms with Gasteiger partial charge in [-0.25, -0.2) is 13.6 Å². The predicted molar refractivity (Wildman–Crippen MR) is 78.1 cm³/mol. The molecular formula is C15H13F2NO2S. The first-order valence-electron chi connectivity index (χ1n) is 6.06. The van der Waals surface area contributed by atoms with Crippen molar-refractivity contribution in [1.29, 1.82) is 0 Å². The van der Waals surface area contributed by atoms with Crippen molar-refractivity contribution in [2.24, 2.45) is 0 Å². The maximum Gasteiger partial charge on any atom is 0.340 e. The molecule has 0 aliphatic carbocycles. The van der Waals surface area contributed by atoms with Gasteiger partial charge in [0.2, 0.25) is 0 Å². The second-order valence-corrected chi connectivity index (χ2v) is 5.29. The number of ether oxygens (including phenoxy) is 1. The fraction of sp³-hybridized carbons (Fsp3) is 0.133. The number of nitrogens with two attached hydrogens (primary N) is 1. The topological polar surface area (TPSA) is 52.3 Å². The van der Waals surface area contributed by atoms with Crippen molar-refractivity contribution in [2.45, 2.75) is 10.6 Å². The second kappa shape index (κ2) is 6.58. The van der Waals surface area contributed by atoms with Gasteiger partial charge in [0.05, 0.1) is 12.7 Å². The van der Waals surface area contributed by atoms with Crippen LogP contribution in [0.15, 0.2) is 41.3 Å². The molecule has 3 nitrogen and oxygen atoms in total. The maximum atomic E-state index is 13.8. The van der Waals surface area contributed by atoms with Gasteiger partial charge in [-0.2, -0.15) is 0 Å². The van der Waals surface area contributed by atoms with Gasteiger partial charge in [0.15, 0.2) is 0 Å². The van der Waals surface area contributed by atoms with Crippen LogP contribution in [0.4, 0.5) is 14.5 Å². The number of halogens is 2. The quantitative estimate of drug-likeness (QED) is 0.532. The van der Waals surface area contributed by atoms with Gasteiger partial charge >= 0.3 is 5.97 Å². The molecule has 2 aromatic carbocycles. The lowest BCUT2D eigenvalue weighted by atomic mass is 10.1. The van der Waals surface area contributed by atoms with Crippen LogP contribution in [0.1, 0.15) is 15.9 Å². The van der Waals surface area contributed by atoms with E-state index in [-0.39, 0.29) is 5.56 Å². The van der Waals surface area contributed by atoms with Gasteiger partial charge in [-0.15, -0.1) is 11.8 Å². The van der Waals surface area contributed by atoms with Gasteiger partial charge in [0.1, 0.15) is 11.6 Å². The Kier molecular flexibility index (Phi) is 4.80. The van der Waals surface area contributed by atoms with Gasteiger partial charge in [-0.3, -0.25) is 0 Å². The summed E-state index contributed by atoms with van der Waals surface area (Å²) in [6, 6.07) is 8.43. The minimum absolute atomic E-state index is 0.104. The number of nitrogen functional groups attached to an aromatic ring is 1. The molecule has 0 bridgehead atoms. The molecule has 0 unspecified atom stereocenters. The number of carbonyl (C=O) groups excluding carboxylic acids is 1. The van der Waals surface area contributed by atoms with E-state index in [0.717, 1.165) is 0 Å². The standard InChI is InChI=1S/C15H13F2NO2S/c1-20-15(19)11-4-2-9(6-12(11)17)8-21-14-5-3-10(16)7-13(14)18/h2-7H,8,18H2,1H3. The molecule has 0 amide bonds. The van der Waals surface area contributed by atoms with Gasteiger partial charge in [-0.05, 0) is 35.9 Å². The molecule has 0 heterocycles. The summed E-state index contributed by atoms with van der Waals surface area (Å²) in [6.07, 6.45) is 0. The number of esters is 1. The zero-order valence-electron chi connectivity index (χ0n) is 11.2. The van der Waals surface area contributed by atoms with E-state index in [2.05, 4.69) is 4.74 Å². The molecular weight excluding hydrogens is 296 g/mol. The summed E-state index contributed by atoms with van der Waals surface area (Å²) < 4.78 is 31.2. The first-order chi connectivity index (χ1) is 10.0. The summed E-state index contributed by atoms with van der Waals surface area (Å²) in [4.78, 5) is 12.0. The van der Waals surface area contributed by atoms with E-state index in [1.807, 2.05) is 0 Å². The Balaban J connectivity index is 2.10. The second-order valence-electron chi connectivity index (χ2n) is 4.28. The van der Waals surface area contributed by atoms with Crippen molar-refractivity contribution in [3.63, 3.8) is 0 Å². The molecule has 0 aliphatic rings. The van der Waals surface area contributed by atoms with Crippen LogP contribution in [0.25, 0.3) is 0 Å². The van der Waals surface area contributed by atoms with Gasteiger partial charge < -0.3 is 10.5 Å². The summed E-state index contributed by atoms with van der Waals surface area (Å²) in [6.45, 7) is 0. The highest BCUT2D eigenvalue weighted by Gasteiger charge is 2.12. The fourth-order valence-electron chi connectivity index (χ4n) is 1.74. The number of hydrogen-bond donors (Lipinski definition) is 1. The molecule has 0 atom stereocenters. The summed E-state index contributed by atoms with van der Waals surface area (Å²) >= 11 is 1.36. The van der Waals surface area contributed by atoms with Crippen molar-refractivity contribution in [1.82, 2.24) is 0 Å². The van der Waals surface area contributed by atoms with Gasteiger partial charge in [0.25, 0.3) is 0 Å². The number of benzene rings is 2. The molecule has 2 rings (SSSR count). The summed E-state index contributed by atoms with van der Waals surface area (Å²) in [5.74, 6) is -1.29. The number of hydrogen-bond acceptors (Lipinski definition) is 4. The van der Waals surface area contributed by atoms with Crippen LogP contribution < -0.4 is 5.73 Å². The van der Waals surface area contributed by atoms with Crippen LogP contribution in [0, 0.1) is 11.6 Å². The smallest absolute Gasteiger partial charge is 0.340 e. The normalized spacial score (nSPS) is 10.4. The third-order valence-corrected chi connectivity index (χ3v) is 3.97. The van der Waals surface area contributed by atoms with Crippen LogP contribution in [0.5, 0.6) is 0 Å². The van der Waals surface area contributed by atoms with Crippen molar-refractivity contribution in [3.05, 3.63) is 59.2 Å². The fourth-order valence-corrected chi connectivity index (χ4v) is 2.63. The van der Waals surface area contributed by atoms with Crippen LogP contribution in [0.3, 0.4) is 0 Å². The van der Waals surface area contributed by atoms with E-state index in [0.29, 0.717) is 21.9 Å². The lowest BCUT2D eigenvalue weighted by Gasteiger charge is -2.07. The van der Waals surface area contributed by atoms with E-state index in [4.69, 9.17) is 5.73 Å². The molecule has 0 fully saturated rings. The van der Waals surface area contributed by atoms with Crippen LogP contribution in [-0.4, -0.2) is 13.1 Å². The Hall–Kier alpha value is -2.08. The predicted octanol–water partition coefficient (Wildman–Crippen LogP) is 3.63. The van der Waals surface area contributed by atoms with Crippen LogP contribution >= 0.6 is 11.8 Å². The third-order valence-electron chi connectivity index (χ3n) is 2.80. The molecule has 0 radical (unpaired) electrons. The molecule has 0 aliphatic heterocycles. The SMILES string of the molecule is COC(=O)c1ccc(CSc2ccc(F)cc2N)cc1F. The summed E-state index contributed by atoms with van der Waals surface area (Å²) in [5.41, 5.74) is 6.63. The van der Waals surface area contributed by atoms with Gasteiger partial charge in [-0.1, -0.05) is 6.07 Å². The highest BCUT2D eigenvalue weighted by Crippen LogP contribution is 2.29. The van der Waals surface area contributed by atoms with Crippen molar-refractivity contribution < 1.29 is 18.3 Å². The van der Waals surface area contributed by atoms with Crippen LogP contribution in [-0.2, 0) is 10.5 Å². The van der Waals surface area contributed by atoms with E-state index in [1.165, 1.54) is 43.1 Å². The molecule has 110 valence electrons. The van der Waals surface area contributed by atoms with E-state index < -0.39 is 17.6 Å². The third kappa shape index (κ3) is 3.72. The Labute approximate surface area is 125 Å². The number of anilines is 1. The number of carbonyl (C=O) groups is 1. The zero-order chi connectivity index (χ0) is 15.4. The molecule has 0 saturated carbocycles. The van der Waals surface area contributed by atoms with E-state index >= 15 is 0 Å². The number of methoxy groups -OCH3 is 1. The van der Waals surface area contributed by atoms with E-state index in [9.17, 15) is 13.6 Å². The number of rotatable bonds is 4. The first-order valence-corrected chi connectivity index (χ1v) is 7.04. The molecule has 0 saturated heterocycles. The molecule has 0 aromatic heterocycles. The zero-order valence-corrected chi connectivity index (χ0v) is 12.0. The van der Waals surface area contributed by atoms with Crippen molar-refractivity contribution in [2.75, 3.05) is 12.8 Å². The van der Waals surface area contributed by atoms with E-state index in [1.54, 1.807) is 12.1 Å². The molecule has 2 aromatic rings. The Morgan fingerprint density at radius 2 is 2.00 bits per heavy atom. The minimum Gasteiger partial charge on any atom is -0.465 e. The summed E-state index contributed by atoms with van der Waals surface area (Å²) in [7, 11) is 1.20. The Morgan fingerprint density at radius 3 is 2.62 bits per heavy atom. The Morgan fingerprint density at radius 1 is 1.24 bits per heavy atom. The highest BCUT2D eigenvalue weighted by molar-refractivity contribution is 7.98. The molecule has 0 spiro atoms. The minimum atomic E-state index is -0.713. The molecule has 2 N–H and O–H groups in total. The highest BCUT2D eigenvalue weighted by atomic mass is 32.2. The van der Waals surface area contributed by atoms with Crippen molar-refractivity contribution >= 4 is 23.4 Å². The average Bonchev–Trinajstić information content (AvgIpc) is 2.45. The average molecular weight is 309 g/mol. The largest absolute Gasteiger partial charge is 0.465 e. The van der Waals surface area contributed by atoms with Crippen LogP contribution in [0.2, 0.25) is 0 Å². The molecule has 21 heavy (non-hydrogen) atoms. The van der Waals surface area contributed by atoms with Crippen molar-refractivity contribution in [3.8, 4) is 0 Å². The number of thioether (sulfide) groups is 1. The maximum absolute atomic E-state index is 13.8. The lowest BCUT2D eigenvalue weighted by molar-refractivity contribution is 0.0595. The van der Waals surface area contributed by atoms with Gasteiger partial charge in [0, 0.05) is 16.3 Å². The summed E-state index contributed by atoms with van der Waals surface area (Å²) in [5, 5.41) is 0. The lowest BCUT2D eigenvalue weighted by Crippen LogP contribution is -2.04. The Bertz CT molecular complexity index is 677. The molecule has 6 heteroatoms. The monoisotopic (exact) mass is 309 g/mol. The first kappa shape index (κ1) is 15.3.